The molecule has 562 valence electrons. The van der Waals surface area contributed by atoms with E-state index in [1.807, 2.05) is 0 Å². The lowest BCUT2D eigenvalue weighted by Gasteiger charge is -2.21. The molecule has 5 atom stereocenters. The number of ether oxygens (including phenoxy) is 4. The molecule has 0 aromatic rings. The van der Waals surface area contributed by atoms with Gasteiger partial charge in [0.1, 0.15) is 19.3 Å². The number of hydrogen-bond donors (Lipinski definition) is 3. The van der Waals surface area contributed by atoms with Crippen molar-refractivity contribution in [2.24, 2.45) is 0 Å². The van der Waals surface area contributed by atoms with E-state index in [0.29, 0.717) is 25.7 Å². The van der Waals surface area contributed by atoms with Gasteiger partial charge in [0.15, 0.2) is 12.2 Å². The number of rotatable bonds is 70. The minimum absolute atomic E-state index is 0.0668. The second-order valence-electron chi connectivity index (χ2n) is 24.8. The number of aliphatic hydroxyl groups is 1. The van der Waals surface area contributed by atoms with E-state index in [0.717, 1.165) is 180 Å². The standard InChI is InChI=1S/C79H134O17P2/c1-5-9-13-17-21-25-29-33-36-40-43-47-51-55-59-63-76(81)89-69-74(95-78(83)65-61-57-53-49-45-39-32-28-24-20-16-12-8-4)71-93-97(85,86)91-67-73(80)68-92-98(87,88)94-72-75(96-79(84)66-62-58-54-50-46-42-38-35-31-27-23-19-15-11-7-3)70-90-77(82)64-60-56-52-48-44-41-37-34-30-26-22-18-14-10-6-2/h9-10,13-14,16,20-22,25-26,28,32-38,43,47,73-75,80H,5-8,11-12,15,17-19,23-24,27,29-31,39-42,44-46,48-72H2,1-4H3,(H,85,86)(H,87,88)/b13-9-,14-10-,20-16-,25-21-,26-22-,32-28-,36-33-,37-34-,38-35-,47-43-. The van der Waals surface area contributed by atoms with Gasteiger partial charge in [-0.2, -0.15) is 0 Å². The Morgan fingerprint density at radius 2 is 0.551 bits per heavy atom. The molecule has 0 spiro atoms. The highest BCUT2D eigenvalue weighted by Gasteiger charge is 2.30. The Bertz CT molecular complexity index is 2340. The van der Waals surface area contributed by atoms with Crippen LogP contribution in [0.2, 0.25) is 0 Å². The largest absolute Gasteiger partial charge is 0.472 e. The van der Waals surface area contributed by atoms with Gasteiger partial charge >= 0.3 is 39.5 Å². The summed E-state index contributed by atoms with van der Waals surface area (Å²) in [4.78, 5) is 72.8. The second-order valence-corrected chi connectivity index (χ2v) is 27.7. The maximum atomic E-state index is 13.1. The van der Waals surface area contributed by atoms with Crippen molar-refractivity contribution in [2.45, 2.75) is 316 Å². The third kappa shape index (κ3) is 69.9. The highest BCUT2D eigenvalue weighted by Crippen LogP contribution is 2.45. The first kappa shape index (κ1) is 93.5. The first-order valence-corrected chi connectivity index (χ1v) is 40.8. The normalized spacial score (nSPS) is 14.6. The average Bonchev–Trinajstić information content (AvgIpc) is 0.959. The van der Waals surface area contributed by atoms with E-state index in [4.69, 9.17) is 37.0 Å². The van der Waals surface area contributed by atoms with Gasteiger partial charge in [-0.1, -0.05) is 246 Å². The molecule has 0 rings (SSSR count). The Morgan fingerprint density at radius 3 is 0.888 bits per heavy atom. The van der Waals surface area contributed by atoms with Gasteiger partial charge in [-0.25, -0.2) is 9.13 Å². The topological polar surface area (TPSA) is 237 Å². The van der Waals surface area contributed by atoms with Gasteiger partial charge in [0, 0.05) is 25.7 Å². The molecule has 3 N–H and O–H groups in total. The maximum absolute atomic E-state index is 13.1. The minimum atomic E-state index is -4.99. The van der Waals surface area contributed by atoms with Gasteiger partial charge in [-0.3, -0.25) is 37.3 Å². The number of allylic oxidation sites excluding steroid dienone is 20. The highest BCUT2D eigenvalue weighted by molar-refractivity contribution is 7.47. The molecule has 0 aliphatic rings. The maximum Gasteiger partial charge on any atom is 0.472 e. The predicted molar refractivity (Wildman–Crippen MR) is 399 cm³/mol. The van der Waals surface area contributed by atoms with Crippen LogP contribution in [0, 0.1) is 0 Å². The molecule has 0 fully saturated rings. The number of carbonyl (C=O) groups is 4. The van der Waals surface area contributed by atoms with Gasteiger partial charge in [-0.15, -0.1) is 0 Å². The van der Waals surface area contributed by atoms with Crippen LogP contribution in [0.5, 0.6) is 0 Å². The quantitative estimate of drug-likeness (QED) is 0.0169. The molecule has 0 aromatic heterocycles. The lowest BCUT2D eigenvalue weighted by molar-refractivity contribution is -0.161. The lowest BCUT2D eigenvalue weighted by Crippen LogP contribution is -2.30. The zero-order chi connectivity index (χ0) is 71.8. The van der Waals surface area contributed by atoms with Crippen LogP contribution in [-0.4, -0.2) is 96.7 Å². The fourth-order valence-electron chi connectivity index (χ4n) is 9.67. The van der Waals surface area contributed by atoms with E-state index >= 15 is 0 Å². The number of hydrogen-bond acceptors (Lipinski definition) is 15. The number of phosphoric ester groups is 2. The molecule has 5 unspecified atom stereocenters. The van der Waals surface area contributed by atoms with Crippen LogP contribution < -0.4 is 0 Å². The summed E-state index contributed by atoms with van der Waals surface area (Å²) in [7, 11) is -9.97. The summed E-state index contributed by atoms with van der Waals surface area (Å²) >= 11 is 0. The molecule has 0 aliphatic carbocycles. The van der Waals surface area contributed by atoms with Crippen LogP contribution in [0.1, 0.15) is 297 Å². The zero-order valence-electron chi connectivity index (χ0n) is 61.2. The lowest BCUT2D eigenvalue weighted by atomic mass is 10.1. The van der Waals surface area contributed by atoms with E-state index < -0.39 is 97.5 Å². The summed E-state index contributed by atoms with van der Waals surface area (Å²) in [5.74, 6) is -2.27. The van der Waals surface area contributed by atoms with Crippen molar-refractivity contribution in [1.29, 1.82) is 0 Å². The molecule has 0 saturated carbocycles. The van der Waals surface area contributed by atoms with E-state index in [1.54, 1.807) is 0 Å². The van der Waals surface area contributed by atoms with Crippen molar-refractivity contribution in [2.75, 3.05) is 39.6 Å². The highest BCUT2D eigenvalue weighted by atomic mass is 31.2. The summed E-state index contributed by atoms with van der Waals surface area (Å²) < 4.78 is 68.4. The molecule has 0 aromatic carbocycles. The van der Waals surface area contributed by atoms with Crippen LogP contribution in [0.25, 0.3) is 0 Å². The zero-order valence-corrected chi connectivity index (χ0v) is 63.0. The molecule has 0 saturated heterocycles. The third-order valence-corrected chi connectivity index (χ3v) is 17.3. The molecular weight excluding hydrogens is 1280 g/mol. The number of phosphoric acid groups is 2. The summed E-state index contributed by atoms with van der Waals surface area (Å²) in [6.45, 7) is 4.48. The van der Waals surface area contributed by atoms with Crippen LogP contribution in [0.3, 0.4) is 0 Å². The molecule has 0 bridgehead atoms. The van der Waals surface area contributed by atoms with E-state index in [9.17, 15) is 43.2 Å². The number of unbranched alkanes of at least 4 members (excludes halogenated alkanes) is 24. The first-order valence-electron chi connectivity index (χ1n) is 37.8. The third-order valence-electron chi connectivity index (χ3n) is 15.4. The average molecular weight is 1420 g/mol. The Balaban J connectivity index is 5.41. The number of esters is 4. The van der Waals surface area contributed by atoms with E-state index in [1.165, 1.54) is 38.5 Å². The van der Waals surface area contributed by atoms with Gasteiger partial charge in [-0.05, 0) is 148 Å². The van der Waals surface area contributed by atoms with Crippen LogP contribution in [0.15, 0.2) is 122 Å². The summed E-state index contributed by atoms with van der Waals surface area (Å²) in [5.41, 5.74) is 0. The Kier molecular flexibility index (Phi) is 67.6. The fraction of sp³-hybridized carbons (Fsp3) is 0.696. The molecule has 0 heterocycles. The monoisotopic (exact) mass is 1420 g/mol. The molecule has 17 nitrogen and oxygen atoms in total. The van der Waals surface area contributed by atoms with Crippen LogP contribution >= 0.6 is 15.6 Å². The van der Waals surface area contributed by atoms with Crippen LogP contribution in [0.4, 0.5) is 0 Å². The van der Waals surface area contributed by atoms with Crippen LogP contribution in [-0.2, 0) is 65.4 Å². The Labute approximate surface area is 593 Å². The smallest absolute Gasteiger partial charge is 0.462 e. The van der Waals surface area contributed by atoms with Crippen molar-refractivity contribution in [3.8, 4) is 0 Å². The van der Waals surface area contributed by atoms with Crippen molar-refractivity contribution < 1.29 is 80.2 Å². The summed E-state index contributed by atoms with van der Waals surface area (Å²) in [6, 6.07) is 0. The van der Waals surface area contributed by atoms with Gasteiger partial charge < -0.3 is 33.8 Å². The number of carbonyl (C=O) groups excluding carboxylic acids is 4. The minimum Gasteiger partial charge on any atom is -0.462 e. The van der Waals surface area contributed by atoms with Crippen molar-refractivity contribution in [1.82, 2.24) is 0 Å². The van der Waals surface area contributed by atoms with Crippen molar-refractivity contribution in [3.63, 3.8) is 0 Å². The molecule has 0 aliphatic heterocycles. The molecule has 19 heteroatoms. The Hall–Kier alpha value is -4.54. The van der Waals surface area contributed by atoms with Gasteiger partial charge in [0.2, 0.25) is 0 Å². The number of aliphatic hydroxyl groups excluding tert-OH is 1. The molecular formula is C79H134O17P2. The Morgan fingerprint density at radius 1 is 0.296 bits per heavy atom. The van der Waals surface area contributed by atoms with E-state index in [2.05, 4.69) is 149 Å². The molecule has 98 heavy (non-hydrogen) atoms. The first-order chi connectivity index (χ1) is 47.7. The summed E-state index contributed by atoms with van der Waals surface area (Å²) in [5, 5.41) is 10.6. The predicted octanol–water partition coefficient (Wildman–Crippen LogP) is 21.6. The fourth-order valence-corrected chi connectivity index (χ4v) is 11.2. The SMILES string of the molecule is CC/C=C\C/C=C\C/C=C\C/C=C\CCCCC(=O)OCC(COP(=O)(O)OCC(O)COP(=O)(O)OCC(COC(=O)CCCCCCC/C=C\C/C=C\C/C=C\CC)OC(=O)CCCCCCC/C=C\CCCCCCCC)OC(=O)CCCCCCC/C=C\C/C=C\CCC. The van der Waals surface area contributed by atoms with E-state index in [-0.39, 0.29) is 25.7 Å². The van der Waals surface area contributed by atoms with Gasteiger partial charge in [0.05, 0.1) is 26.4 Å². The molecule has 0 radical (unpaired) electrons. The van der Waals surface area contributed by atoms with Crippen molar-refractivity contribution >= 4 is 39.5 Å². The summed E-state index contributed by atoms with van der Waals surface area (Å²) in [6.07, 6.45) is 76.2. The van der Waals surface area contributed by atoms with Gasteiger partial charge in [0.25, 0.3) is 0 Å². The second kappa shape index (κ2) is 70.9. The molecule has 0 amide bonds. The van der Waals surface area contributed by atoms with Crippen molar-refractivity contribution in [3.05, 3.63) is 122 Å².